The van der Waals surface area contributed by atoms with Crippen molar-refractivity contribution in [3.63, 3.8) is 0 Å². The summed E-state index contributed by atoms with van der Waals surface area (Å²) in [5, 5.41) is 8.89. The van der Waals surface area contributed by atoms with Gasteiger partial charge in [-0.1, -0.05) is 0 Å². The van der Waals surface area contributed by atoms with Crippen LogP contribution in [0.3, 0.4) is 0 Å². The zero-order valence-corrected chi connectivity index (χ0v) is 17.7. The third-order valence-corrected chi connectivity index (χ3v) is 7.75. The first-order chi connectivity index (χ1) is 14.4. The molecular formula is C21H24N4O4S. The van der Waals surface area contributed by atoms with E-state index in [1.54, 1.807) is 11.8 Å². The van der Waals surface area contributed by atoms with E-state index in [9.17, 15) is 13.2 Å². The van der Waals surface area contributed by atoms with E-state index in [1.807, 2.05) is 6.07 Å². The molecule has 0 bridgehead atoms. The number of benzene rings is 1. The van der Waals surface area contributed by atoms with Gasteiger partial charge in [0.2, 0.25) is 10.0 Å². The number of hydrogen-bond donors (Lipinski definition) is 0. The zero-order chi connectivity index (χ0) is 21.3. The number of sulfonamides is 1. The number of aromatic nitrogens is 1. The van der Waals surface area contributed by atoms with E-state index in [1.165, 1.54) is 28.6 Å². The Balaban J connectivity index is 1.44. The van der Waals surface area contributed by atoms with Gasteiger partial charge in [-0.2, -0.15) is 9.57 Å². The van der Waals surface area contributed by atoms with Crippen LogP contribution >= 0.6 is 0 Å². The fourth-order valence-corrected chi connectivity index (χ4v) is 5.52. The molecule has 2 aliphatic rings. The average Bonchev–Trinajstić information content (AvgIpc) is 3.43. The third kappa shape index (κ3) is 3.85. The molecule has 0 spiro atoms. The fraction of sp³-hybridized carbons (Fsp3) is 0.476. The molecular weight excluding hydrogens is 404 g/mol. The Bertz CT molecular complexity index is 1070. The van der Waals surface area contributed by atoms with Gasteiger partial charge in [0.25, 0.3) is 5.91 Å². The van der Waals surface area contributed by atoms with Crippen molar-refractivity contribution >= 4 is 15.9 Å². The lowest BCUT2D eigenvalue weighted by atomic mass is 9.98. The number of aryl methyl sites for hydroxylation is 1. The molecule has 2 aromatic rings. The SMILES string of the molecule is Cc1oc(C2CCN(S(=O)(=O)c3ccc(C#N)cc3)CC2)nc1C(=O)N1CCCC1. The van der Waals surface area contributed by atoms with E-state index in [4.69, 9.17) is 9.68 Å². The van der Waals surface area contributed by atoms with Gasteiger partial charge in [0, 0.05) is 32.1 Å². The molecule has 4 rings (SSSR count). The summed E-state index contributed by atoms with van der Waals surface area (Å²) in [4.78, 5) is 19.1. The maximum atomic E-state index is 12.9. The number of piperidine rings is 1. The summed E-state index contributed by atoms with van der Waals surface area (Å²) in [6.45, 7) is 3.97. The van der Waals surface area contributed by atoms with Crippen molar-refractivity contribution in [3.8, 4) is 6.07 Å². The summed E-state index contributed by atoms with van der Waals surface area (Å²) >= 11 is 0. The maximum absolute atomic E-state index is 12.9. The minimum Gasteiger partial charge on any atom is -0.445 e. The smallest absolute Gasteiger partial charge is 0.276 e. The molecule has 9 heteroatoms. The van der Waals surface area contributed by atoms with Crippen molar-refractivity contribution in [2.75, 3.05) is 26.2 Å². The van der Waals surface area contributed by atoms with Crippen LogP contribution in [0.1, 0.15) is 59.3 Å². The Morgan fingerprint density at radius 2 is 1.77 bits per heavy atom. The van der Waals surface area contributed by atoms with Crippen LogP contribution in [0.4, 0.5) is 0 Å². The standard InChI is InChI=1S/C21H24N4O4S/c1-15-19(21(26)24-10-2-3-11-24)23-20(29-15)17-8-12-25(13-9-17)30(27,28)18-6-4-16(14-22)5-7-18/h4-7,17H,2-3,8-13H2,1H3. The first-order valence-electron chi connectivity index (χ1n) is 10.2. The van der Waals surface area contributed by atoms with E-state index < -0.39 is 10.0 Å². The lowest BCUT2D eigenvalue weighted by molar-refractivity contribution is 0.0786. The summed E-state index contributed by atoms with van der Waals surface area (Å²) in [5.74, 6) is 0.942. The predicted molar refractivity (Wildman–Crippen MR) is 108 cm³/mol. The molecule has 0 atom stereocenters. The van der Waals surface area contributed by atoms with Gasteiger partial charge in [0.1, 0.15) is 5.76 Å². The Kier molecular flexibility index (Phi) is 5.62. The molecule has 0 aliphatic carbocycles. The second-order valence-corrected chi connectivity index (χ2v) is 9.71. The average molecular weight is 429 g/mol. The van der Waals surface area contributed by atoms with Crippen LogP contribution in [0.25, 0.3) is 0 Å². The lowest BCUT2D eigenvalue weighted by Gasteiger charge is -2.29. The highest BCUT2D eigenvalue weighted by molar-refractivity contribution is 7.89. The summed E-state index contributed by atoms with van der Waals surface area (Å²) < 4.78 is 33.0. The zero-order valence-electron chi connectivity index (χ0n) is 16.9. The Morgan fingerprint density at radius 3 is 2.37 bits per heavy atom. The molecule has 2 saturated heterocycles. The quantitative estimate of drug-likeness (QED) is 0.741. The number of likely N-dealkylation sites (tertiary alicyclic amines) is 1. The molecule has 1 aromatic heterocycles. The molecule has 2 fully saturated rings. The van der Waals surface area contributed by atoms with E-state index in [0.29, 0.717) is 48.8 Å². The van der Waals surface area contributed by atoms with Crippen LogP contribution in [0.15, 0.2) is 33.6 Å². The molecule has 1 aromatic carbocycles. The Morgan fingerprint density at radius 1 is 1.13 bits per heavy atom. The van der Waals surface area contributed by atoms with Crippen molar-refractivity contribution in [2.24, 2.45) is 0 Å². The van der Waals surface area contributed by atoms with Crippen LogP contribution in [0.2, 0.25) is 0 Å². The van der Waals surface area contributed by atoms with Gasteiger partial charge in [-0.15, -0.1) is 0 Å². The largest absolute Gasteiger partial charge is 0.445 e. The normalized spacial score (nSPS) is 18.5. The highest BCUT2D eigenvalue weighted by atomic mass is 32.2. The fourth-order valence-electron chi connectivity index (χ4n) is 4.05. The molecule has 0 unspecified atom stereocenters. The van der Waals surface area contributed by atoms with Crippen molar-refractivity contribution in [3.05, 3.63) is 47.2 Å². The van der Waals surface area contributed by atoms with Crippen LogP contribution in [-0.2, 0) is 10.0 Å². The third-order valence-electron chi connectivity index (χ3n) is 5.83. The van der Waals surface area contributed by atoms with E-state index >= 15 is 0 Å². The van der Waals surface area contributed by atoms with Crippen LogP contribution in [0.5, 0.6) is 0 Å². The molecule has 1 amide bonds. The van der Waals surface area contributed by atoms with Gasteiger partial charge in [0.05, 0.1) is 16.5 Å². The second-order valence-electron chi connectivity index (χ2n) is 7.77. The number of hydrogen-bond acceptors (Lipinski definition) is 6. The highest BCUT2D eigenvalue weighted by Gasteiger charge is 2.33. The topological polar surface area (TPSA) is 108 Å². The minimum atomic E-state index is -3.61. The number of carbonyl (C=O) groups excluding carboxylic acids is 1. The van der Waals surface area contributed by atoms with E-state index in [-0.39, 0.29) is 16.7 Å². The number of rotatable bonds is 4. The number of nitriles is 1. The van der Waals surface area contributed by atoms with Gasteiger partial charge in [-0.05, 0) is 56.9 Å². The summed E-state index contributed by atoms with van der Waals surface area (Å²) in [7, 11) is -3.61. The molecule has 3 heterocycles. The van der Waals surface area contributed by atoms with Crippen molar-refractivity contribution in [1.82, 2.24) is 14.2 Å². The molecule has 30 heavy (non-hydrogen) atoms. The maximum Gasteiger partial charge on any atom is 0.276 e. The van der Waals surface area contributed by atoms with Crippen LogP contribution in [-0.4, -0.2) is 54.7 Å². The molecule has 0 saturated carbocycles. The van der Waals surface area contributed by atoms with Crippen LogP contribution < -0.4 is 0 Å². The summed E-state index contributed by atoms with van der Waals surface area (Å²) in [5.41, 5.74) is 0.797. The van der Waals surface area contributed by atoms with E-state index in [0.717, 1.165) is 25.9 Å². The van der Waals surface area contributed by atoms with Crippen molar-refractivity contribution < 1.29 is 17.6 Å². The monoisotopic (exact) mass is 428 g/mol. The van der Waals surface area contributed by atoms with Gasteiger partial charge in [-0.25, -0.2) is 13.4 Å². The van der Waals surface area contributed by atoms with Gasteiger partial charge in [-0.3, -0.25) is 4.79 Å². The van der Waals surface area contributed by atoms with Crippen LogP contribution in [0, 0.1) is 18.3 Å². The second kappa shape index (κ2) is 8.20. The molecule has 0 radical (unpaired) electrons. The van der Waals surface area contributed by atoms with Crippen molar-refractivity contribution in [1.29, 1.82) is 5.26 Å². The summed E-state index contributed by atoms with van der Waals surface area (Å²) in [6.07, 6.45) is 3.18. The molecule has 158 valence electrons. The van der Waals surface area contributed by atoms with Crippen molar-refractivity contribution in [2.45, 2.75) is 43.4 Å². The molecule has 2 aliphatic heterocycles. The lowest BCUT2D eigenvalue weighted by Crippen LogP contribution is -2.38. The van der Waals surface area contributed by atoms with Gasteiger partial charge in [0.15, 0.2) is 11.6 Å². The number of oxazole rings is 1. The first kappa shape index (κ1) is 20.6. The predicted octanol–water partition coefficient (Wildman–Crippen LogP) is 2.66. The Hall–Kier alpha value is -2.70. The minimum absolute atomic E-state index is 0.0174. The number of carbonyl (C=O) groups is 1. The molecule has 0 N–H and O–H groups in total. The molecule has 8 nitrogen and oxygen atoms in total. The first-order valence-corrected chi connectivity index (χ1v) is 11.6. The van der Waals surface area contributed by atoms with Gasteiger partial charge >= 0.3 is 0 Å². The number of amides is 1. The van der Waals surface area contributed by atoms with Gasteiger partial charge < -0.3 is 9.32 Å². The Labute approximate surface area is 176 Å². The van der Waals surface area contributed by atoms with E-state index in [2.05, 4.69) is 4.98 Å². The highest BCUT2D eigenvalue weighted by Crippen LogP contribution is 2.31. The number of nitrogens with zero attached hydrogens (tertiary/aromatic N) is 4. The summed E-state index contributed by atoms with van der Waals surface area (Å²) in [6, 6.07) is 7.94.